The van der Waals surface area contributed by atoms with Gasteiger partial charge >= 0.3 is 0 Å². The fourth-order valence-electron chi connectivity index (χ4n) is 1.85. The molecule has 2 aromatic rings. The molecule has 20 heavy (non-hydrogen) atoms. The summed E-state index contributed by atoms with van der Waals surface area (Å²) in [5.74, 6) is -0.146. The molecule has 1 unspecified atom stereocenters. The highest BCUT2D eigenvalue weighted by molar-refractivity contribution is 6.30. The standard InChI is InChI=1S/C15H16ClN3O/c1-10(11-3-5-12(16)6-4-11)19(2)15(20)14-8-7-13(17)9-18-14/h3-10H,17H2,1-2H3. The first-order valence-electron chi connectivity index (χ1n) is 6.23. The fraction of sp³-hybridized carbons (Fsp3) is 0.200. The first-order chi connectivity index (χ1) is 9.49. The Hall–Kier alpha value is -2.07. The SMILES string of the molecule is CC(c1ccc(Cl)cc1)N(C)C(=O)c1ccc(N)cn1. The van der Waals surface area contributed by atoms with Crippen LogP contribution in [-0.2, 0) is 0 Å². The monoisotopic (exact) mass is 289 g/mol. The Bertz CT molecular complexity index is 596. The van der Waals surface area contributed by atoms with Crippen molar-refractivity contribution in [2.45, 2.75) is 13.0 Å². The van der Waals surface area contributed by atoms with Gasteiger partial charge in [-0.3, -0.25) is 4.79 Å². The number of hydrogen-bond donors (Lipinski definition) is 1. The van der Waals surface area contributed by atoms with Crippen molar-refractivity contribution in [2.75, 3.05) is 12.8 Å². The Kier molecular flexibility index (Phi) is 4.25. The van der Waals surface area contributed by atoms with Crippen molar-refractivity contribution in [3.8, 4) is 0 Å². The first-order valence-corrected chi connectivity index (χ1v) is 6.61. The van der Waals surface area contributed by atoms with Gasteiger partial charge in [-0.1, -0.05) is 23.7 Å². The van der Waals surface area contributed by atoms with Gasteiger partial charge in [0.25, 0.3) is 5.91 Å². The number of pyridine rings is 1. The van der Waals surface area contributed by atoms with E-state index in [-0.39, 0.29) is 11.9 Å². The van der Waals surface area contributed by atoms with Gasteiger partial charge in [-0.15, -0.1) is 0 Å². The van der Waals surface area contributed by atoms with Crippen molar-refractivity contribution in [2.24, 2.45) is 0 Å². The number of aromatic nitrogens is 1. The molecular formula is C15H16ClN3O. The highest BCUT2D eigenvalue weighted by Gasteiger charge is 2.19. The van der Waals surface area contributed by atoms with E-state index < -0.39 is 0 Å². The van der Waals surface area contributed by atoms with E-state index in [1.165, 1.54) is 6.20 Å². The van der Waals surface area contributed by atoms with Gasteiger partial charge in [-0.2, -0.15) is 0 Å². The Balaban J connectivity index is 2.17. The van der Waals surface area contributed by atoms with Gasteiger partial charge in [0.05, 0.1) is 17.9 Å². The quantitative estimate of drug-likeness (QED) is 0.944. The molecule has 0 saturated carbocycles. The fourth-order valence-corrected chi connectivity index (χ4v) is 1.98. The zero-order chi connectivity index (χ0) is 14.7. The molecule has 0 aliphatic carbocycles. The molecule has 0 radical (unpaired) electrons. The third kappa shape index (κ3) is 3.08. The molecule has 2 N–H and O–H groups in total. The Morgan fingerprint density at radius 1 is 1.25 bits per heavy atom. The van der Waals surface area contributed by atoms with Crippen LogP contribution in [0.3, 0.4) is 0 Å². The van der Waals surface area contributed by atoms with Gasteiger partial charge in [0.2, 0.25) is 0 Å². The van der Waals surface area contributed by atoms with Crippen LogP contribution < -0.4 is 5.73 Å². The predicted octanol–water partition coefficient (Wildman–Crippen LogP) is 3.15. The first kappa shape index (κ1) is 14.3. The van der Waals surface area contributed by atoms with Gasteiger partial charge in [0, 0.05) is 12.1 Å². The van der Waals surface area contributed by atoms with Gasteiger partial charge in [-0.05, 0) is 36.8 Å². The molecule has 1 heterocycles. The van der Waals surface area contributed by atoms with Crippen LogP contribution in [0.25, 0.3) is 0 Å². The minimum atomic E-state index is -0.146. The Labute approximate surface area is 123 Å². The van der Waals surface area contributed by atoms with Crippen molar-refractivity contribution >= 4 is 23.2 Å². The average Bonchev–Trinajstić information content (AvgIpc) is 2.46. The van der Waals surface area contributed by atoms with Crippen molar-refractivity contribution in [3.05, 3.63) is 58.9 Å². The number of hydrogen-bond acceptors (Lipinski definition) is 3. The summed E-state index contributed by atoms with van der Waals surface area (Å²) in [6.45, 7) is 1.96. The lowest BCUT2D eigenvalue weighted by atomic mass is 10.1. The molecule has 0 saturated heterocycles. The average molecular weight is 290 g/mol. The topological polar surface area (TPSA) is 59.2 Å². The van der Waals surface area contributed by atoms with E-state index in [1.807, 2.05) is 31.2 Å². The zero-order valence-corrected chi connectivity index (χ0v) is 12.1. The summed E-state index contributed by atoms with van der Waals surface area (Å²) in [6, 6.07) is 10.7. The van der Waals surface area contributed by atoms with Crippen LogP contribution in [-0.4, -0.2) is 22.8 Å². The maximum atomic E-state index is 12.3. The number of nitrogens with two attached hydrogens (primary N) is 1. The third-order valence-electron chi connectivity index (χ3n) is 3.26. The van der Waals surface area contributed by atoms with E-state index in [0.717, 1.165) is 5.56 Å². The zero-order valence-electron chi connectivity index (χ0n) is 11.4. The second-order valence-corrected chi connectivity index (χ2v) is 5.06. The number of carbonyl (C=O) groups is 1. The van der Waals surface area contributed by atoms with Crippen molar-refractivity contribution in [3.63, 3.8) is 0 Å². The van der Waals surface area contributed by atoms with Crippen LogP contribution in [0, 0.1) is 0 Å². The van der Waals surface area contributed by atoms with E-state index in [0.29, 0.717) is 16.4 Å². The van der Waals surface area contributed by atoms with Crippen molar-refractivity contribution < 1.29 is 4.79 Å². The molecular weight excluding hydrogens is 274 g/mol. The van der Waals surface area contributed by atoms with Gasteiger partial charge in [0.15, 0.2) is 0 Å². The van der Waals surface area contributed by atoms with Gasteiger partial charge in [-0.25, -0.2) is 4.98 Å². The predicted molar refractivity (Wildman–Crippen MR) is 80.6 cm³/mol. The van der Waals surface area contributed by atoms with Crippen molar-refractivity contribution in [1.29, 1.82) is 0 Å². The number of halogens is 1. The molecule has 5 heteroatoms. The molecule has 0 fully saturated rings. The number of anilines is 1. The number of nitrogen functional groups attached to an aromatic ring is 1. The smallest absolute Gasteiger partial charge is 0.272 e. The molecule has 1 aromatic heterocycles. The van der Waals surface area contributed by atoms with Crippen LogP contribution in [0.15, 0.2) is 42.6 Å². The van der Waals surface area contributed by atoms with E-state index in [1.54, 1.807) is 24.1 Å². The summed E-state index contributed by atoms with van der Waals surface area (Å²) in [6.07, 6.45) is 1.48. The van der Waals surface area contributed by atoms with Crippen LogP contribution in [0.1, 0.15) is 29.0 Å². The van der Waals surface area contributed by atoms with Gasteiger partial charge in [0.1, 0.15) is 5.69 Å². The van der Waals surface area contributed by atoms with Crippen LogP contribution in [0.2, 0.25) is 5.02 Å². The number of nitrogens with zero attached hydrogens (tertiary/aromatic N) is 2. The van der Waals surface area contributed by atoms with Gasteiger partial charge < -0.3 is 10.6 Å². The molecule has 4 nitrogen and oxygen atoms in total. The van der Waals surface area contributed by atoms with Crippen LogP contribution in [0.5, 0.6) is 0 Å². The third-order valence-corrected chi connectivity index (χ3v) is 3.51. The lowest BCUT2D eigenvalue weighted by Crippen LogP contribution is -2.30. The molecule has 1 amide bonds. The van der Waals surface area contributed by atoms with Crippen LogP contribution in [0.4, 0.5) is 5.69 Å². The summed E-state index contributed by atoms with van der Waals surface area (Å²) in [7, 11) is 1.75. The lowest BCUT2D eigenvalue weighted by molar-refractivity contribution is 0.0737. The molecule has 0 aliphatic rings. The molecule has 1 aromatic carbocycles. The molecule has 0 aliphatic heterocycles. The van der Waals surface area contributed by atoms with E-state index in [9.17, 15) is 4.79 Å². The van der Waals surface area contributed by atoms with Crippen LogP contribution >= 0.6 is 11.6 Å². The Morgan fingerprint density at radius 2 is 1.90 bits per heavy atom. The summed E-state index contributed by atoms with van der Waals surface area (Å²) < 4.78 is 0. The summed E-state index contributed by atoms with van der Waals surface area (Å²) in [4.78, 5) is 18.0. The van der Waals surface area contributed by atoms with Crippen molar-refractivity contribution in [1.82, 2.24) is 9.88 Å². The lowest BCUT2D eigenvalue weighted by Gasteiger charge is -2.25. The second kappa shape index (κ2) is 5.92. The minimum absolute atomic E-state index is 0.0703. The molecule has 0 spiro atoms. The minimum Gasteiger partial charge on any atom is -0.397 e. The summed E-state index contributed by atoms with van der Waals surface area (Å²) in [5.41, 5.74) is 7.50. The number of carbonyl (C=O) groups excluding carboxylic acids is 1. The maximum Gasteiger partial charge on any atom is 0.272 e. The van der Waals surface area contributed by atoms with E-state index in [2.05, 4.69) is 4.98 Å². The van der Waals surface area contributed by atoms with E-state index >= 15 is 0 Å². The Morgan fingerprint density at radius 3 is 2.45 bits per heavy atom. The molecule has 2 rings (SSSR count). The highest BCUT2D eigenvalue weighted by atomic mass is 35.5. The molecule has 104 valence electrons. The summed E-state index contributed by atoms with van der Waals surface area (Å²) >= 11 is 5.87. The molecule has 1 atom stereocenters. The maximum absolute atomic E-state index is 12.3. The number of benzene rings is 1. The molecule has 0 bridgehead atoms. The summed E-state index contributed by atoms with van der Waals surface area (Å²) in [5, 5.41) is 0.676. The largest absolute Gasteiger partial charge is 0.397 e. The number of amides is 1. The van der Waals surface area contributed by atoms with E-state index in [4.69, 9.17) is 17.3 Å². The number of rotatable bonds is 3. The normalized spacial score (nSPS) is 11.9. The second-order valence-electron chi connectivity index (χ2n) is 4.62. The highest BCUT2D eigenvalue weighted by Crippen LogP contribution is 2.22.